The lowest BCUT2D eigenvalue weighted by molar-refractivity contribution is 0.0738. The molecule has 0 fully saturated rings. The fourth-order valence-electron chi connectivity index (χ4n) is 0.725. The highest BCUT2D eigenvalue weighted by atomic mass is 16.3. The zero-order chi connectivity index (χ0) is 7.61. The molecule has 1 aromatic heterocycles. The Hall–Kier alpha value is -0.890. The Kier molecular flexibility index (Phi) is 3.20. The first-order valence-electron chi connectivity index (χ1n) is 3.24. The Morgan fingerprint density at radius 3 is 2.27 bits per heavy atom. The van der Waals surface area contributed by atoms with Gasteiger partial charge in [0.05, 0.1) is 5.69 Å². The molecule has 0 aliphatic carbocycles. The van der Waals surface area contributed by atoms with Gasteiger partial charge in [-0.1, -0.05) is 13.5 Å². The summed E-state index contributed by atoms with van der Waals surface area (Å²) in [5.41, 5.74) is -0.114. The molecule has 0 saturated carbocycles. The summed E-state index contributed by atoms with van der Waals surface area (Å²) in [5, 5.41) is 9.43. The van der Waals surface area contributed by atoms with E-state index < -0.39 is 5.60 Å². The van der Waals surface area contributed by atoms with Crippen molar-refractivity contribution in [1.29, 1.82) is 0 Å². The van der Waals surface area contributed by atoms with Gasteiger partial charge >= 0.3 is 0 Å². The molecule has 0 aliphatic heterocycles. The Morgan fingerprint density at radius 1 is 1.36 bits per heavy atom. The van der Waals surface area contributed by atoms with Gasteiger partial charge in [0.1, 0.15) is 5.60 Å². The Morgan fingerprint density at radius 2 is 2.00 bits per heavy atom. The number of hydrogen-bond acceptors (Lipinski definition) is 2. The minimum atomic E-state index is -0.818. The second-order valence-corrected chi connectivity index (χ2v) is 2.77. The molecule has 0 aromatic carbocycles. The summed E-state index contributed by atoms with van der Waals surface area (Å²) in [6.45, 7) is 3.44. The summed E-state index contributed by atoms with van der Waals surface area (Å²) in [4.78, 5) is 4.00. The fraction of sp³-hybridized carbons (Fsp3) is 0.444. The quantitative estimate of drug-likeness (QED) is 0.669. The summed E-state index contributed by atoms with van der Waals surface area (Å²) in [6, 6.07) is 5.50. The van der Waals surface area contributed by atoms with E-state index in [1.165, 1.54) is 0 Å². The van der Waals surface area contributed by atoms with Crippen molar-refractivity contribution in [2.75, 3.05) is 0 Å². The van der Waals surface area contributed by atoms with E-state index in [0.29, 0.717) is 5.69 Å². The molecule has 0 amide bonds. The van der Waals surface area contributed by atoms with Crippen LogP contribution in [-0.2, 0) is 5.60 Å². The van der Waals surface area contributed by atoms with Gasteiger partial charge in [0.25, 0.3) is 0 Å². The topological polar surface area (TPSA) is 33.1 Å². The SMILES string of the molecule is C.CC(C)(O)c1ccccn1. The average Bonchev–Trinajstić information content (AvgIpc) is 1.88. The second kappa shape index (κ2) is 3.49. The number of pyridine rings is 1. The fourth-order valence-corrected chi connectivity index (χ4v) is 0.725. The third-order valence-corrected chi connectivity index (χ3v) is 1.29. The van der Waals surface area contributed by atoms with E-state index in [1.54, 1.807) is 26.1 Å². The van der Waals surface area contributed by atoms with Crippen LogP contribution < -0.4 is 0 Å². The van der Waals surface area contributed by atoms with Gasteiger partial charge in [-0.3, -0.25) is 4.98 Å². The highest BCUT2D eigenvalue weighted by Crippen LogP contribution is 2.15. The first-order chi connectivity index (χ1) is 4.61. The van der Waals surface area contributed by atoms with Gasteiger partial charge in [0, 0.05) is 6.20 Å². The van der Waals surface area contributed by atoms with Crippen LogP contribution in [0, 0.1) is 0 Å². The first-order valence-corrected chi connectivity index (χ1v) is 3.24. The molecule has 1 heterocycles. The Labute approximate surface area is 67.9 Å². The van der Waals surface area contributed by atoms with E-state index in [-0.39, 0.29) is 7.43 Å². The lowest BCUT2D eigenvalue weighted by atomic mass is 10.1. The van der Waals surface area contributed by atoms with Crippen molar-refractivity contribution < 1.29 is 5.11 Å². The molecule has 0 bridgehead atoms. The average molecular weight is 153 g/mol. The normalized spacial score (nSPS) is 10.5. The summed E-state index contributed by atoms with van der Waals surface area (Å²) in [6.07, 6.45) is 1.67. The molecule has 0 radical (unpaired) electrons. The van der Waals surface area contributed by atoms with Crippen LogP contribution in [0.5, 0.6) is 0 Å². The van der Waals surface area contributed by atoms with Gasteiger partial charge in [0.15, 0.2) is 0 Å². The van der Waals surface area contributed by atoms with Gasteiger partial charge in [-0.15, -0.1) is 0 Å². The molecule has 2 nitrogen and oxygen atoms in total. The van der Waals surface area contributed by atoms with Crippen LogP contribution in [0.4, 0.5) is 0 Å². The molecule has 11 heavy (non-hydrogen) atoms. The van der Waals surface area contributed by atoms with Crippen molar-refractivity contribution in [3.05, 3.63) is 30.1 Å². The third-order valence-electron chi connectivity index (χ3n) is 1.29. The largest absolute Gasteiger partial charge is 0.384 e. The van der Waals surface area contributed by atoms with Crippen LogP contribution in [0.1, 0.15) is 27.0 Å². The van der Waals surface area contributed by atoms with Gasteiger partial charge in [0.2, 0.25) is 0 Å². The molecule has 0 saturated heterocycles. The molecule has 62 valence electrons. The van der Waals surface area contributed by atoms with E-state index in [4.69, 9.17) is 0 Å². The lowest BCUT2D eigenvalue weighted by Gasteiger charge is -2.15. The van der Waals surface area contributed by atoms with Crippen LogP contribution in [0.3, 0.4) is 0 Å². The van der Waals surface area contributed by atoms with Crippen LogP contribution in [-0.4, -0.2) is 10.1 Å². The van der Waals surface area contributed by atoms with Gasteiger partial charge in [-0.25, -0.2) is 0 Å². The minimum Gasteiger partial charge on any atom is -0.384 e. The minimum absolute atomic E-state index is 0. The standard InChI is InChI=1S/C8H11NO.CH4/c1-8(2,10)7-5-3-4-6-9-7;/h3-6,10H,1-2H3;1H4. The molecule has 1 N–H and O–H groups in total. The molecule has 0 unspecified atom stereocenters. The number of aromatic nitrogens is 1. The van der Waals surface area contributed by atoms with Crippen LogP contribution in [0.2, 0.25) is 0 Å². The molecular weight excluding hydrogens is 138 g/mol. The molecule has 1 rings (SSSR count). The van der Waals surface area contributed by atoms with E-state index >= 15 is 0 Å². The second-order valence-electron chi connectivity index (χ2n) is 2.77. The highest BCUT2D eigenvalue weighted by Gasteiger charge is 2.15. The molecular formula is C9H15NO. The number of rotatable bonds is 1. The summed E-state index contributed by atoms with van der Waals surface area (Å²) >= 11 is 0. The monoisotopic (exact) mass is 153 g/mol. The van der Waals surface area contributed by atoms with Gasteiger partial charge in [-0.2, -0.15) is 0 Å². The lowest BCUT2D eigenvalue weighted by Crippen LogP contribution is -2.16. The van der Waals surface area contributed by atoms with E-state index in [1.807, 2.05) is 12.1 Å². The summed E-state index contributed by atoms with van der Waals surface area (Å²) in [5.74, 6) is 0. The Bertz CT molecular complexity index is 201. The van der Waals surface area contributed by atoms with Crippen molar-refractivity contribution >= 4 is 0 Å². The smallest absolute Gasteiger partial charge is 0.101 e. The van der Waals surface area contributed by atoms with Crippen molar-refractivity contribution in [3.8, 4) is 0 Å². The molecule has 0 atom stereocenters. The maximum Gasteiger partial charge on any atom is 0.101 e. The van der Waals surface area contributed by atoms with Crippen LogP contribution in [0.15, 0.2) is 24.4 Å². The molecule has 0 spiro atoms. The Balaban J connectivity index is 0.000001000. The van der Waals surface area contributed by atoms with E-state index in [2.05, 4.69) is 4.98 Å². The number of nitrogens with zero attached hydrogens (tertiary/aromatic N) is 1. The third kappa shape index (κ3) is 2.68. The molecule has 2 heteroatoms. The predicted octanol–water partition coefficient (Wildman–Crippen LogP) is 1.95. The molecule has 1 aromatic rings. The van der Waals surface area contributed by atoms with Crippen molar-refractivity contribution in [3.63, 3.8) is 0 Å². The zero-order valence-electron chi connectivity index (χ0n) is 6.20. The maximum absolute atomic E-state index is 9.43. The number of hydrogen-bond donors (Lipinski definition) is 1. The predicted molar refractivity (Wildman–Crippen MR) is 46.2 cm³/mol. The molecule has 0 aliphatic rings. The van der Waals surface area contributed by atoms with E-state index in [9.17, 15) is 5.11 Å². The highest BCUT2D eigenvalue weighted by molar-refractivity contribution is 5.09. The van der Waals surface area contributed by atoms with Crippen molar-refractivity contribution in [1.82, 2.24) is 4.98 Å². The van der Waals surface area contributed by atoms with E-state index in [0.717, 1.165) is 0 Å². The van der Waals surface area contributed by atoms with Crippen molar-refractivity contribution in [2.45, 2.75) is 26.9 Å². The maximum atomic E-state index is 9.43. The zero-order valence-corrected chi connectivity index (χ0v) is 6.20. The van der Waals surface area contributed by atoms with Crippen LogP contribution >= 0.6 is 0 Å². The van der Waals surface area contributed by atoms with Gasteiger partial charge < -0.3 is 5.11 Å². The van der Waals surface area contributed by atoms with Gasteiger partial charge in [-0.05, 0) is 26.0 Å². The first kappa shape index (κ1) is 10.1. The summed E-state index contributed by atoms with van der Waals surface area (Å²) in [7, 11) is 0. The van der Waals surface area contributed by atoms with Crippen molar-refractivity contribution in [2.24, 2.45) is 0 Å². The van der Waals surface area contributed by atoms with Crippen LogP contribution in [0.25, 0.3) is 0 Å². The summed E-state index contributed by atoms with van der Waals surface area (Å²) < 4.78 is 0. The number of aliphatic hydroxyl groups is 1.